The maximum atomic E-state index is 9.27. The second-order valence-electron chi connectivity index (χ2n) is 4.63. The van der Waals surface area contributed by atoms with E-state index in [4.69, 9.17) is 0 Å². The number of phenolic OH excluding ortho intramolecular Hbond substituents is 1. The molecule has 2 aromatic carbocycles. The average molecular weight is 304 g/mol. The molecule has 92 valence electrons. The summed E-state index contributed by atoms with van der Waals surface area (Å²) in [5.41, 5.74) is 3.85. The molecule has 0 aromatic heterocycles. The van der Waals surface area contributed by atoms with Crippen molar-refractivity contribution in [2.75, 3.05) is 5.32 Å². The first kappa shape index (κ1) is 11.6. The predicted octanol–water partition coefficient (Wildman–Crippen LogP) is 4.25. The Kier molecular flexibility index (Phi) is 3.00. The quantitative estimate of drug-likeness (QED) is 0.813. The third-order valence-electron chi connectivity index (χ3n) is 3.39. The average Bonchev–Trinajstić information content (AvgIpc) is 2.74. The highest BCUT2D eigenvalue weighted by Crippen LogP contribution is 2.35. The minimum absolute atomic E-state index is 0.302. The van der Waals surface area contributed by atoms with Crippen molar-refractivity contribution in [3.05, 3.63) is 58.1 Å². The summed E-state index contributed by atoms with van der Waals surface area (Å²) in [6, 6.07) is 14.1. The molecule has 3 rings (SSSR count). The highest BCUT2D eigenvalue weighted by Gasteiger charge is 2.22. The number of hydrogen-bond donors (Lipinski definition) is 2. The van der Waals surface area contributed by atoms with Gasteiger partial charge in [0.15, 0.2) is 0 Å². The first-order valence-corrected chi connectivity index (χ1v) is 6.85. The lowest BCUT2D eigenvalue weighted by molar-refractivity contribution is 0.475. The van der Waals surface area contributed by atoms with E-state index in [0.717, 1.165) is 23.0 Å². The molecule has 0 heterocycles. The van der Waals surface area contributed by atoms with Crippen LogP contribution in [0.5, 0.6) is 5.75 Å². The van der Waals surface area contributed by atoms with Crippen molar-refractivity contribution in [1.82, 2.24) is 0 Å². The highest BCUT2D eigenvalue weighted by atomic mass is 79.9. The monoisotopic (exact) mass is 303 g/mol. The number of hydrogen-bond acceptors (Lipinski definition) is 2. The summed E-state index contributed by atoms with van der Waals surface area (Å²) in [7, 11) is 0. The lowest BCUT2D eigenvalue weighted by Crippen LogP contribution is -2.06. The molecule has 0 spiro atoms. The normalized spacial score (nSPS) is 17.5. The Balaban J connectivity index is 1.82. The molecule has 0 radical (unpaired) electrons. The zero-order valence-electron chi connectivity index (χ0n) is 9.86. The molecule has 1 aliphatic rings. The van der Waals surface area contributed by atoms with E-state index in [1.54, 1.807) is 12.1 Å². The Morgan fingerprint density at radius 2 is 1.89 bits per heavy atom. The number of benzene rings is 2. The molecule has 0 amide bonds. The van der Waals surface area contributed by atoms with E-state index in [1.165, 1.54) is 11.1 Å². The Bertz CT molecular complexity index is 565. The van der Waals surface area contributed by atoms with Gasteiger partial charge in [-0.05, 0) is 60.4 Å². The van der Waals surface area contributed by atoms with Gasteiger partial charge < -0.3 is 10.4 Å². The van der Waals surface area contributed by atoms with E-state index in [-0.39, 0.29) is 0 Å². The third-order valence-corrected chi connectivity index (χ3v) is 3.88. The molecule has 3 heteroatoms. The van der Waals surface area contributed by atoms with Crippen LogP contribution in [0, 0.1) is 0 Å². The third kappa shape index (κ3) is 2.23. The summed E-state index contributed by atoms with van der Waals surface area (Å²) in [5, 5.41) is 12.8. The molecule has 2 N–H and O–H groups in total. The summed E-state index contributed by atoms with van der Waals surface area (Å²) >= 11 is 3.51. The summed E-state index contributed by atoms with van der Waals surface area (Å²) in [4.78, 5) is 0. The van der Waals surface area contributed by atoms with E-state index >= 15 is 0 Å². The van der Waals surface area contributed by atoms with Crippen molar-refractivity contribution in [2.24, 2.45) is 0 Å². The zero-order valence-corrected chi connectivity index (χ0v) is 11.4. The number of phenols is 1. The minimum atomic E-state index is 0.302. The van der Waals surface area contributed by atoms with Crippen LogP contribution in [0.15, 0.2) is 46.9 Å². The van der Waals surface area contributed by atoms with Crippen molar-refractivity contribution in [3.63, 3.8) is 0 Å². The molecule has 2 aromatic rings. The van der Waals surface area contributed by atoms with Crippen LogP contribution in [0.1, 0.15) is 23.6 Å². The van der Waals surface area contributed by atoms with Crippen LogP contribution < -0.4 is 5.32 Å². The number of halogens is 1. The molecule has 1 unspecified atom stereocenters. The topological polar surface area (TPSA) is 32.3 Å². The van der Waals surface area contributed by atoms with Gasteiger partial charge in [0.1, 0.15) is 5.75 Å². The fraction of sp³-hybridized carbons (Fsp3) is 0.200. The number of fused-ring (bicyclic) bond motifs is 1. The van der Waals surface area contributed by atoms with E-state index in [9.17, 15) is 5.11 Å². The Labute approximate surface area is 115 Å². The van der Waals surface area contributed by atoms with Crippen molar-refractivity contribution < 1.29 is 5.11 Å². The van der Waals surface area contributed by atoms with Gasteiger partial charge in [-0.2, -0.15) is 0 Å². The standard InChI is InChI=1S/C15H14BrNO/c16-11-2-7-14-10(9-11)1-8-15(14)17-12-3-5-13(18)6-4-12/h2-7,9,15,17-18H,1,8H2. The largest absolute Gasteiger partial charge is 0.508 e. The second-order valence-corrected chi connectivity index (χ2v) is 5.54. The molecule has 2 nitrogen and oxygen atoms in total. The summed E-state index contributed by atoms with van der Waals surface area (Å²) in [5.74, 6) is 0.302. The van der Waals surface area contributed by atoms with Crippen LogP contribution in [-0.2, 0) is 6.42 Å². The summed E-state index contributed by atoms with van der Waals surface area (Å²) in [6.07, 6.45) is 2.23. The number of anilines is 1. The van der Waals surface area contributed by atoms with Crippen molar-refractivity contribution in [1.29, 1.82) is 0 Å². The molecular formula is C15H14BrNO. The van der Waals surface area contributed by atoms with Crippen molar-refractivity contribution >= 4 is 21.6 Å². The van der Waals surface area contributed by atoms with Gasteiger partial charge in [0.05, 0.1) is 6.04 Å². The van der Waals surface area contributed by atoms with Gasteiger partial charge in [-0.25, -0.2) is 0 Å². The number of rotatable bonds is 2. The van der Waals surface area contributed by atoms with E-state index in [1.807, 2.05) is 12.1 Å². The van der Waals surface area contributed by atoms with Crippen molar-refractivity contribution in [2.45, 2.75) is 18.9 Å². The van der Waals surface area contributed by atoms with Crippen molar-refractivity contribution in [3.8, 4) is 5.75 Å². The van der Waals surface area contributed by atoms with Gasteiger partial charge in [0.2, 0.25) is 0 Å². The zero-order chi connectivity index (χ0) is 12.5. The Morgan fingerprint density at radius 3 is 2.67 bits per heavy atom. The van der Waals surface area contributed by atoms with Gasteiger partial charge in [-0.15, -0.1) is 0 Å². The lowest BCUT2D eigenvalue weighted by Gasteiger charge is -2.15. The number of aryl methyl sites for hydroxylation is 1. The van der Waals surface area contributed by atoms with Gasteiger partial charge in [-0.1, -0.05) is 22.0 Å². The lowest BCUT2D eigenvalue weighted by atomic mass is 10.1. The van der Waals surface area contributed by atoms with E-state index in [2.05, 4.69) is 39.4 Å². The number of nitrogens with one attached hydrogen (secondary N) is 1. The molecular weight excluding hydrogens is 290 g/mol. The maximum absolute atomic E-state index is 9.27. The van der Waals surface area contributed by atoms with Gasteiger partial charge in [0, 0.05) is 10.2 Å². The first-order chi connectivity index (χ1) is 8.72. The van der Waals surface area contributed by atoms with Crippen LogP contribution in [-0.4, -0.2) is 5.11 Å². The first-order valence-electron chi connectivity index (χ1n) is 6.06. The molecule has 0 saturated carbocycles. The Morgan fingerprint density at radius 1 is 1.11 bits per heavy atom. The molecule has 0 aliphatic heterocycles. The SMILES string of the molecule is Oc1ccc(NC2CCc3cc(Br)ccc32)cc1. The van der Waals surface area contributed by atoms with Gasteiger partial charge in [0.25, 0.3) is 0 Å². The Hall–Kier alpha value is -1.48. The summed E-state index contributed by atoms with van der Waals surface area (Å²) in [6.45, 7) is 0. The van der Waals surface area contributed by atoms with Gasteiger partial charge >= 0.3 is 0 Å². The van der Waals surface area contributed by atoms with Crippen LogP contribution in [0.4, 0.5) is 5.69 Å². The maximum Gasteiger partial charge on any atom is 0.115 e. The van der Waals surface area contributed by atoms with Crippen LogP contribution in [0.3, 0.4) is 0 Å². The van der Waals surface area contributed by atoms with Gasteiger partial charge in [-0.3, -0.25) is 0 Å². The highest BCUT2D eigenvalue weighted by molar-refractivity contribution is 9.10. The second kappa shape index (κ2) is 4.65. The summed E-state index contributed by atoms with van der Waals surface area (Å²) < 4.78 is 1.14. The fourth-order valence-corrected chi connectivity index (χ4v) is 2.90. The van der Waals surface area contributed by atoms with E-state index < -0.39 is 0 Å². The van der Waals surface area contributed by atoms with Crippen LogP contribution in [0.2, 0.25) is 0 Å². The molecule has 18 heavy (non-hydrogen) atoms. The van der Waals surface area contributed by atoms with Crippen LogP contribution in [0.25, 0.3) is 0 Å². The molecule has 0 saturated heterocycles. The molecule has 1 aliphatic carbocycles. The smallest absolute Gasteiger partial charge is 0.115 e. The predicted molar refractivity (Wildman–Crippen MR) is 76.9 cm³/mol. The molecule has 0 bridgehead atoms. The molecule has 0 fully saturated rings. The van der Waals surface area contributed by atoms with E-state index in [0.29, 0.717) is 11.8 Å². The fourth-order valence-electron chi connectivity index (χ4n) is 2.49. The minimum Gasteiger partial charge on any atom is -0.508 e. The molecule has 1 atom stereocenters. The number of aromatic hydroxyl groups is 1. The van der Waals surface area contributed by atoms with Crippen LogP contribution >= 0.6 is 15.9 Å².